The van der Waals surface area contributed by atoms with Crippen LogP contribution in [0.5, 0.6) is 11.5 Å². The van der Waals surface area contributed by atoms with Gasteiger partial charge in [0, 0.05) is 38.3 Å². The molecular weight excluding hydrogens is 378 g/mol. The van der Waals surface area contributed by atoms with Gasteiger partial charge in [0.1, 0.15) is 11.5 Å². The van der Waals surface area contributed by atoms with Crippen molar-refractivity contribution >= 4 is 10.0 Å². The fourth-order valence-corrected chi connectivity index (χ4v) is 4.65. The molecule has 0 aliphatic carbocycles. The summed E-state index contributed by atoms with van der Waals surface area (Å²) < 4.78 is 37.9. The zero-order chi connectivity index (χ0) is 20.1. The molecule has 0 aromatic heterocycles. The molecule has 0 spiro atoms. The molecule has 0 atom stereocenters. The monoisotopic (exact) mass is 401 g/mol. The lowest BCUT2D eigenvalue weighted by molar-refractivity contribution is 0.180. The number of ether oxygens (including phenoxy) is 2. The van der Waals surface area contributed by atoms with Gasteiger partial charge in [-0.25, -0.2) is 8.42 Å². The molecule has 2 aromatic rings. The first-order chi connectivity index (χ1) is 13.5. The van der Waals surface area contributed by atoms with Gasteiger partial charge in [0.05, 0.1) is 30.7 Å². The number of methoxy groups -OCH3 is 2. The Morgan fingerprint density at radius 1 is 1.00 bits per heavy atom. The summed E-state index contributed by atoms with van der Waals surface area (Å²) in [5.74, 6) is 1.55. The Morgan fingerprint density at radius 3 is 2.25 bits per heavy atom. The first kappa shape index (κ1) is 20.1. The number of nitriles is 1. The van der Waals surface area contributed by atoms with E-state index in [9.17, 15) is 8.42 Å². The number of nitrogens with zero attached hydrogens (tertiary/aromatic N) is 3. The maximum atomic E-state index is 12.8. The highest BCUT2D eigenvalue weighted by Gasteiger charge is 2.28. The lowest BCUT2D eigenvalue weighted by Crippen LogP contribution is -2.48. The van der Waals surface area contributed by atoms with Crippen LogP contribution in [0.3, 0.4) is 0 Å². The summed E-state index contributed by atoms with van der Waals surface area (Å²) in [5, 5.41) is 8.87. The molecule has 28 heavy (non-hydrogen) atoms. The minimum atomic E-state index is -3.55. The summed E-state index contributed by atoms with van der Waals surface area (Å²) in [6.07, 6.45) is 0. The predicted molar refractivity (Wildman–Crippen MR) is 105 cm³/mol. The van der Waals surface area contributed by atoms with E-state index in [2.05, 4.69) is 4.90 Å². The number of sulfonamides is 1. The number of hydrogen-bond acceptors (Lipinski definition) is 6. The number of hydrogen-bond donors (Lipinski definition) is 0. The van der Waals surface area contributed by atoms with Crippen LogP contribution in [-0.4, -0.2) is 58.0 Å². The maximum absolute atomic E-state index is 12.8. The van der Waals surface area contributed by atoms with Crippen LogP contribution in [0.2, 0.25) is 0 Å². The summed E-state index contributed by atoms with van der Waals surface area (Å²) in [5.41, 5.74) is 1.45. The molecule has 1 aliphatic heterocycles. The molecule has 8 heteroatoms. The Bertz CT molecular complexity index is 960. The van der Waals surface area contributed by atoms with Gasteiger partial charge in [-0.1, -0.05) is 0 Å². The van der Waals surface area contributed by atoms with Gasteiger partial charge in [0.2, 0.25) is 10.0 Å². The smallest absolute Gasteiger partial charge is 0.243 e. The molecule has 148 valence electrons. The van der Waals surface area contributed by atoms with Gasteiger partial charge in [-0.2, -0.15) is 9.57 Å². The zero-order valence-corrected chi connectivity index (χ0v) is 16.8. The first-order valence-corrected chi connectivity index (χ1v) is 10.4. The molecule has 0 bridgehead atoms. The molecule has 2 aromatic carbocycles. The third kappa shape index (κ3) is 4.28. The fourth-order valence-electron chi connectivity index (χ4n) is 3.22. The highest BCUT2D eigenvalue weighted by molar-refractivity contribution is 7.89. The van der Waals surface area contributed by atoms with E-state index < -0.39 is 10.0 Å². The van der Waals surface area contributed by atoms with E-state index in [0.29, 0.717) is 38.3 Å². The molecule has 3 rings (SSSR count). The van der Waals surface area contributed by atoms with E-state index in [0.717, 1.165) is 17.1 Å². The van der Waals surface area contributed by atoms with Gasteiger partial charge in [-0.05, 0) is 42.5 Å². The van der Waals surface area contributed by atoms with Crippen LogP contribution in [0.1, 0.15) is 11.1 Å². The zero-order valence-electron chi connectivity index (χ0n) is 16.0. The second-order valence-electron chi connectivity index (χ2n) is 6.49. The van der Waals surface area contributed by atoms with Gasteiger partial charge in [0.15, 0.2) is 0 Å². The molecule has 7 nitrogen and oxygen atoms in total. The summed E-state index contributed by atoms with van der Waals surface area (Å²) in [6.45, 7) is 2.72. The van der Waals surface area contributed by atoms with E-state index >= 15 is 0 Å². The fraction of sp³-hybridized carbons (Fsp3) is 0.350. The Balaban J connectivity index is 1.66. The van der Waals surface area contributed by atoms with E-state index in [4.69, 9.17) is 14.7 Å². The molecule has 0 unspecified atom stereocenters. The normalized spacial score (nSPS) is 15.8. The molecular formula is C20H23N3O4S. The Morgan fingerprint density at radius 2 is 1.68 bits per heavy atom. The van der Waals surface area contributed by atoms with Crippen molar-refractivity contribution in [3.63, 3.8) is 0 Å². The molecule has 0 amide bonds. The van der Waals surface area contributed by atoms with Crippen LogP contribution in [-0.2, 0) is 16.6 Å². The Labute approximate surface area is 165 Å². The van der Waals surface area contributed by atoms with E-state index in [1.165, 1.54) is 28.6 Å². The van der Waals surface area contributed by atoms with E-state index in [-0.39, 0.29) is 4.90 Å². The second-order valence-corrected chi connectivity index (χ2v) is 8.43. The van der Waals surface area contributed by atoms with Gasteiger partial charge < -0.3 is 9.47 Å². The average molecular weight is 401 g/mol. The summed E-state index contributed by atoms with van der Waals surface area (Å²) in [4.78, 5) is 2.41. The summed E-state index contributed by atoms with van der Waals surface area (Å²) in [7, 11) is -0.298. The van der Waals surface area contributed by atoms with Crippen molar-refractivity contribution in [2.45, 2.75) is 11.4 Å². The lowest BCUT2D eigenvalue weighted by Gasteiger charge is -2.34. The maximum Gasteiger partial charge on any atom is 0.243 e. The van der Waals surface area contributed by atoms with Crippen LogP contribution in [0, 0.1) is 11.3 Å². The molecule has 0 N–H and O–H groups in total. The Kier molecular flexibility index (Phi) is 6.19. The first-order valence-electron chi connectivity index (χ1n) is 8.91. The molecule has 1 aliphatic rings. The van der Waals surface area contributed by atoms with Crippen molar-refractivity contribution in [1.82, 2.24) is 9.21 Å². The molecule has 1 saturated heterocycles. The topological polar surface area (TPSA) is 82.9 Å². The van der Waals surface area contributed by atoms with Gasteiger partial charge in [-0.15, -0.1) is 0 Å². The highest BCUT2D eigenvalue weighted by Crippen LogP contribution is 2.26. The predicted octanol–water partition coefficient (Wildman–Crippen LogP) is 2.08. The summed E-state index contributed by atoms with van der Waals surface area (Å²) >= 11 is 0. The van der Waals surface area contributed by atoms with Crippen molar-refractivity contribution in [3.8, 4) is 17.6 Å². The van der Waals surface area contributed by atoms with Crippen molar-refractivity contribution < 1.29 is 17.9 Å². The Hall–Kier alpha value is -2.60. The van der Waals surface area contributed by atoms with Gasteiger partial charge in [0.25, 0.3) is 0 Å². The molecule has 0 saturated carbocycles. The van der Waals surface area contributed by atoms with Crippen molar-refractivity contribution in [1.29, 1.82) is 5.26 Å². The standard InChI is InChI=1S/C20H23N3O4S/c1-26-18-5-8-20(27-2)17(13-18)15-22-9-11-23(12-10-22)28(24,25)19-6-3-16(14-21)4-7-19/h3-8,13H,9-12,15H2,1-2H3. The van der Waals surface area contributed by atoms with Crippen LogP contribution in [0.4, 0.5) is 0 Å². The average Bonchev–Trinajstić information content (AvgIpc) is 2.74. The molecule has 1 heterocycles. The number of rotatable bonds is 6. The van der Waals surface area contributed by atoms with Crippen LogP contribution < -0.4 is 9.47 Å². The van der Waals surface area contributed by atoms with E-state index in [1.807, 2.05) is 24.3 Å². The second kappa shape index (κ2) is 8.61. The van der Waals surface area contributed by atoms with Crippen molar-refractivity contribution in [2.24, 2.45) is 0 Å². The number of piperazine rings is 1. The lowest BCUT2D eigenvalue weighted by atomic mass is 10.1. The minimum absolute atomic E-state index is 0.217. The van der Waals surface area contributed by atoms with Crippen LogP contribution in [0.15, 0.2) is 47.4 Å². The third-order valence-electron chi connectivity index (χ3n) is 4.83. The highest BCUT2D eigenvalue weighted by atomic mass is 32.2. The minimum Gasteiger partial charge on any atom is -0.497 e. The van der Waals surface area contributed by atoms with Crippen LogP contribution in [0.25, 0.3) is 0 Å². The van der Waals surface area contributed by atoms with Crippen LogP contribution >= 0.6 is 0 Å². The number of benzene rings is 2. The van der Waals surface area contributed by atoms with Gasteiger partial charge >= 0.3 is 0 Å². The SMILES string of the molecule is COc1ccc(OC)c(CN2CCN(S(=O)(=O)c3ccc(C#N)cc3)CC2)c1. The quantitative estimate of drug-likeness (QED) is 0.737. The van der Waals surface area contributed by atoms with Crippen molar-refractivity contribution in [2.75, 3.05) is 40.4 Å². The van der Waals surface area contributed by atoms with Crippen molar-refractivity contribution in [3.05, 3.63) is 53.6 Å². The van der Waals surface area contributed by atoms with Gasteiger partial charge in [-0.3, -0.25) is 4.90 Å². The third-order valence-corrected chi connectivity index (χ3v) is 6.75. The molecule has 1 fully saturated rings. The molecule has 0 radical (unpaired) electrons. The largest absolute Gasteiger partial charge is 0.497 e. The summed E-state index contributed by atoms with van der Waals surface area (Å²) in [6, 6.07) is 13.7. The van der Waals surface area contributed by atoms with E-state index in [1.54, 1.807) is 14.2 Å².